The number of nitrogens with one attached hydrogen (secondary N) is 1. The SMILES string of the molecule is CC[C@@H](C)[C@@H](C)NC(=O)/C=C/c1ccc(S(=O)(=O)N(CC)CC)cc1. The Balaban J connectivity index is 2.79. The Morgan fingerprint density at radius 3 is 2.16 bits per heavy atom. The van der Waals surface area contributed by atoms with Gasteiger partial charge in [-0.15, -0.1) is 0 Å². The van der Waals surface area contributed by atoms with Crippen molar-refractivity contribution >= 4 is 22.0 Å². The lowest BCUT2D eigenvalue weighted by molar-refractivity contribution is -0.117. The summed E-state index contributed by atoms with van der Waals surface area (Å²) in [5.41, 5.74) is 0.782. The lowest BCUT2D eigenvalue weighted by Crippen LogP contribution is -2.35. The zero-order valence-corrected chi connectivity index (χ0v) is 16.6. The fraction of sp³-hybridized carbons (Fsp3) is 0.526. The minimum Gasteiger partial charge on any atom is -0.350 e. The van der Waals surface area contributed by atoms with Crippen LogP contribution in [0, 0.1) is 5.92 Å². The van der Waals surface area contributed by atoms with Crippen LogP contribution in [0.15, 0.2) is 35.2 Å². The van der Waals surface area contributed by atoms with Crippen molar-refractivity contribution in [2.24, 2.45) is 5.92 Å². The molecule has 1 rings (SSSR count). The Bertz CT molecular complexity index is 677. The number of rotatable bonds is 9. The van der Waals surface area contributed by atoms with Gasteiger partial charge in [-0.2, -0.15) is 4.31 Å². The average molecular weight is 367 g/mol. The molecule has 5 nitrogen and oxygen atoms in total. The normalized spacial score (nSPS) is 14.6. The van der Waals surface area contributed by atoms with Crippen molar-refractivity contribution in [1.82, 2.24) is 9.62 Å². The molecule has 0 aliphatic heterocycles. The summed E-state index contributed by atoms with van der Waals surface area (Å²) in [7, 11) is -3.45. The number of hydrogen-bond acceptors (Lipinski definition) is 3. The molecule has 0 spiro atoms. The van der Waals surface area contributed by atoms with E-state index in [4.69, 9.17) is 0 Å². The second-order valence-corrected chi connectivity index (χ2v) is 8.11. The lowest BCUT2D eigenvalue weighted by Gasteiger charge is -2.18. The Morgan fingerprint density at radius 2 is 1.68 bits per heavy atom. The van der Waals surface area contributed by atoms with E-state index >= 15 is 0 Å². The maximum Gasteiger partial charge on any atom is 0.244 e. The third kappa shape index (κ3) is 5.97. The molecule has 0 aliphatic carbocycles. The first-order valence-corrected chi connectivity index (χ1v) is 10.3. The minimum absolute atomic E-state index is 0.115. The average Bonchev–Trinajstić information content (AvgIpc) is 2.60. The third-order valence-corrected chi connectivity index (χ3v) is 6.58. The first-order valence-electron chi connectivity index (χ1n) is 8.84. The van der Waals surface area contributed by atoms with Gasteiger partial charge in [0.25, 0.3) is 0 Å². The summed E-state index contributed by atoms with van der Waals surface area (Å²) in [4.78, 5) is 12.2. The van der Waals surface area contributed by atoms with Crippen molar-refractivity contribution in [3.8, 4) is 0 Å². The molecular formula is C19H30N2O3S. The molecule has 0 bridgehead atoms. The van der Waals surface area contributed by atoms with Crippen molar-refractivity contribution in [1.29, 1.82) is 0 Å². The van der Waals surface area contributed by atoms with Crippen LogP contribution in [-0.4, -0.2) is 37.8 Å². The van der Waals surface area contributed by atoms with Crippen LogP contribution in [0.2, 0.25) is 0 Å². The third-order valence-electron chi connectivity index (χ3n) is 4.52. The zero-order valence-electron chi connectivity index (χ0n) is 15.8. The molecule has 0 saturated heterocycles. The molecule has 0 radical (unpaired) electrons. The second kappa shape index (κ2) is 9.73. The van der Waals surface area contributed by atoms with Gasteiger partial charge in [0.05, 0.1) is 4.90 Å². The fourth-order valence-electron chi connectivity index (χ4n) is 2.40. The van der Waals surface area contributed by atoms with Gasteiger partial charge in [-0.3, -0.25) is 4.79 Å². The maximum absolute atomic E-state index is 12.4. The summed E-state index contributed by atoms with van der Waals surface area (Å²) in [6, 6.07) is 6.68. The summed E-state index contributed by atoms with van der Waals surface area (Å²) in [5.74, 6) is 0.273. The van der Waals surface area contributed by atoms with Crippen molar-refractivity contribution < 1.29 is 13.2 Å². The summed E-state index contributed by atoms with van der Waals surface area (Å²) in [5, 5.41) is 2.94. The molecule has 6 heteroatoms. The Morgan fingerprint density at radius 1 is 1.12 bits per heavy atom. The van der Waals surface area contributed by atoms with E-state index in [-0.39, 0.29) is 16.8 Å². The van der Waals surface area contributed by atoms with Crippen LogP contribution in [0.3, 0.4) is 0 Å². The van der Waals surface area contributed by atoms with E-state index in [9.17, 15) is 13.2 Å². The number of hydrogen-bond donors (Lipinski definition) is 1. The number of sulfonamides is 1. The van der Waals surface area contributed by atoms with Gasteiger partial charge < -0.3 is 5.32 Å². The van der Waals surface area contributed by atoms with Crippen molar-refractivity contribution in [3.63, 3.8) is 0 Å². The van der Waals surface area contributed by atoms with E-state index in [1.807, 2.05) is 20.8 Å². The van der Waals surface area contributed by atoms with Gasteiger partial charge in [0.2, 0.25) is 15.9 Å². The van der Waals surface area contributed by atoms with Gasteiger partial charge >= 0.3 is 0 Å². The quantitative estimate of drug-likeness (QED) is 0.682. The molecular weight excluding hydrogens is 336 g/mol. The predicted octanol–water partition coefficient (Wildman–Crippen LogP) is 3.28. The van der Waals surface area contributed by atoms with Crippen molar-refractivity contribution in [3.05, 3.63) is 35.9 Å². The van der Waals surface area contributed by atoms with E-state index in [0.29, 0.717) is 19.0 Å². The van der Waals surface area contributed by atoms with Crippen LogP contribution < -0.4 is 5.32 Å². The molecule has 1 amide bonds. The van der Waals surface area contributed by atoms with E-state index in [0.717, 1.165) is 12.0 Å². The van der Waals surface area contributed by atoms with Gasteiger partial charge in [0, 0.05) is 25.2 Å². The van der Waals surface area contributed by atoms with Crippen LogP contribution >= 0.6 is 0 Å². The number of nitrogens with zero attached hydrogens (tertiary/aromatic N) is 1. The van der Waals surface area contributed by atoms with E-state index < -0.39 is 10.0 Å². The topological polar surface area (TPSA) is 66.5 Å². The lowest BCUT2D eigenvalue weighted by atomic mass is 10.0. The molecule has 2 atom stereocenters. The van der Waals surface area contributed by atoms with E-state index in [2.05, 4.69) is 19.2 Å². The molecule has 0 unspecified atom stereocenters. The van der Waals surface area contributed by atoms with Gasteiger partial charge in [-0.1, -0.05) is 46.2 Å². The largest absolute Gasteiger partial charge is 0.350 e. The van der Waals surface area contributed by atoms with Crippen molar-refractivity contribution in [2.75, 3.05) is 13.1 Å². The van der Waals surface area contributed by atoms with Gasteiger partial charge in [-0.25, -0.2) is 8.42 Å². The molecule has 1 aromatic carbocycles. The fourth-order valence-corrected chi connectivity index (χ4v) is 3.86. The predicted molar refractivity (Wildman–Crippen MR) is 103 cm³/mol. The Kier molecular flexibility index (Phi) is 8.32. The van der Waals surface area contributed by atoms with Crippen LogP contribution in [0.25, 0.3) is 6.08 Å². The molecule has 1 N–H and O–H groups in total. The van der Waals surface area contributed by atoms with Crippen LogP contribution in [-0.2, 0) is 14.8 Å². The highest BCUT2D eigenvalue weighted by Crippen LogP contribution is 2.16. The zero-order chi connectivity index (χ0) is 19.0. The Labute approximate surface area is 152 Å². The summed E-state index contributed by atoms with van der Waals surface area (Å²) >= 11 is 0. The van der Waals surface area contributed by atoms with Crippen LogP contribution in [0.4, 0.5) is 0 Å². The highest BCUT2D eigenvalue weighted by molar-refractivity contribution is 7.89. The van der Waals surface area contributed by atoms with Gasteiger partial charge in [0.1, 0.15) is 0 Å². The summed E-state index contributed by atoms with van der Waals surface area (Å²) in [6.07, 6.45) is 4.17. The molecule has 25 heavy (non-hydrogen) atoms. The summed E-state index contributed by atoms with van der Waals surface area (Å²) < 4.78 is 26.3. The molecule has 1 aromatic rings. The standard InChI is InChI=1S/C19H30N2O3S/c1-6-15(4)16(5)20-19(22)14-11-17-9-12-18(13-10-17)25(23,24)21(7-2)8-3/h9-16H,6-8H2,1-5H3,(H,20,22)/b14-11+/t15-,16-/m1/s1. The first-order chi connectivity index (χ1) is 11.8. The molecule has 0 saturated carbocycles. The molecule has 0 heterocycles. The molecule has 0 aliphatic rings. The maximum atomic E-state index is 12.4. The van der Waals surface area contributed by atoms with Crippen molar-refractivity contribution in [2.45, 2.75) is 52.0 Å². The number of carbonyl (C=O) groups excluding carboxylic acids is 1. The van der Waals surface area contributed by atoms with Gasteiger partial charge in [-0.05, 0) is 36.6 Å². The number of amides is 1. The van der Waals surface area contributed by atoms with Crippen LogP contribution in [0.5, 0.6) is 0 Å². The van der Waals surface area contributed by atoms with Gasteiger partial charge in [0.15, 0.2) is 0 Å². The van der Waals surface area contributed by atoms with E-state index in [1.54, 1.807) is 30.3 Å². The van der Waals surface area contributed by atoms with Crippen LogP contribution in [0.1, 0.15) is 46.6 Å². The summed E-state index contributed by atoms with van der Waals surface area (Å²) in [6.45, 7) is 10.7. The molecule has 140 valence electrons. The molecule has 0 aromatic heterocycles. The first kappa shape index (κ1) is 21.4. The minimum atomic E-state index is -3.45. The number of benzene rings is 1. The Hall–Kier alpha value is -1.66. The smallest absolute Gasteiger partial charge is 0.244 e. The second-order valence-electron chi connectivity index (χ2n) is 6.17. The van der Waals surface area contributed by atoms with E-state index in [1.165, 1.54) is 10.4 Å². The highest BCUT2D eigenvalue weighted by atomic mass is 32.2. The monoisotopic (exact) mass is 366 g/mol. The molecule has 0 fully saturated rings. The highest BCUT2D eigenvalue weighted by Gasteiger charge is 2.20. The number of carbonyl (C=O) groups is 1.